The summed E-state index contributed by atoms with van der Waals surface area (Å²) in [6, 6.07) is 7.89. The zero-order valence-corrected chi connectivity index (χ0v) is 14.8. The van der Waals surface area contributed by atoms with E-state index in [2.05, 4.69) is 27.7 Å². The second-order valence-electron chi connectivity index (χ2n) is 5.86. The Balaban J connectivity index is 1.74. The summed E-state index contributed by atoms with van der Waals surface area (Å²) in [6.45, 7) is 5.92. The molecule has 0 aromatic heterocycles. The van der Waals surface area contributed by atoms with Gasteiger partial charge in [-0.1, -0.05) is 12.1 Å². The second kappa shape index (κ2) is 9.80. The summed E-state index contributed by atoms with van der Waals surface area (Å²) >= 11 is 2.04. The molecule has 0 radical (unpaired) electrons. The Morgan fingerprint density at radius 3 is 2.65 bits per heavy atom. The summed E-state index contributed by atoms with van der Waals surface area (Å²) in [5, 5.41) is 5.67. The van der Waals surface area contributed by atoms with Crippen molar-refractivity contribution in [2.24, 2.45) is 0 Å². The molecule has 0 unspecified atom stereocenters. The first-order valence-electron chi connectivity index (χ1n) is 8.13. The molecule has 1 fully saturated rings. The van der Waals surface area contributed by atoms with Crippen LogP contribution in [0.15, 0.2) is 24.3 Å². The van der Waals surface area contributed by atoms with Gasteiger partial charge in [-0.05, 0) is 31.0 Å². The highest BCUT2D eigenvalue weighted by Gasteiger charge is 2.10. The van der Waals surface area contributed by atoms with E-state index in [1.54, 1.807) is 7.11 Å². The summed E-state index contributed by atoms with van der Waals surface area (Å²) in [6.07, 6.45) is 1.06. The van der Waals surface area contributed by atoms with Crippen LogP contribution in [-0.2, 0) is 11.2 Å². The summed E-state index contributed by atoms with van der Waals surface area (Å²) in [5.74, 6) is 2.50. The molecule has 0 spiro atoms. The van der Waals surface area contributed by atoms with Crippen LogP contribution in [0.5, 0.6) is 0 Å². The minimum atomic E-state index is -0.201. The number of nitrogens with zero attached hydrogens (tertiary/aromatic N) is 1. The predicted octanol–water partition coefficient (Wildman–Crippen LogP) is 2.43. The van der Waals surface area contributed by atoms with Crippen LogP contribution >= 0.6 is 11.8 Å². The standard InChI is InChI=1S/C17H27N3O2S/c1-14(13-22-2)18-17(21)19-16-5-3-15(4-6-16)7-8-20-9-11-23-12-10-20/h3-6,14H,7-13H2,1-2H3,(H2,18,19,21)/t14-/m1/s1. The lowest BCUT2D eigenvalue weighted by atomic mass is 10.1. The fraction of sp³-hybridized carbons (Fsp3) is 0.588. The highest BCUT2D eigenvalue weighted by molar-refractivity contribution is 7.99. The molecule has 1 aromatic carbocycles. The number of amides is 2. The molecule has 23 heavy (non-hydrogen) atoms. The third kappa shape index (κ3) is 6.81. The lowest BCUT2D eigenvalue weighted by Gasteiger charge is -2.26. The molecule has 1 heterocycles. The number of carbonyl (C=O) groups excluding carboxylic acids is 1. The monoisotopic (exact) mass is 337 g/mol. The molecule has 1 aliphatic heterocycles. The van der Waals surface area contributed by atoms with Crippen molar-refractivity contribution in [2.45, 2.75) is 19.4 Å². The minimum absolute atomic E-state index is 0.0121. The van der Waals surface area contributed by atoms with Crippen LogP contribution in [0.1, 0.15) is 12.5 Å². The van der Waals surface area contributed by atoms with Crippen molar-refractivity contribution in [3.05, 3.63) is 29.8 Å². The first-order valence-corrected chi connectivity index (χ1v) is 9.28. The summed E-state index contributed by atoms with van der Waals surface area (Å²) in [4.78, 5) is 14.3. The summed E-state index contributed by atoms with van der Waals surface area (Å²) in [5.41, 5.74) is 2.12. The topological polar surface area (TPSA) is 53.6 Å². The maximum atomic E-state index is 11.8. The third-order valence-corrected chi connectivity index (χ3v) is 4.77. The molecule has 2 N–H and O–H groups in total. The van der Waals surface area contributed by atoms with E-state index in [4.69, 9.17) is 4.74 Å². The van der Waals surface area contributed by atoms with E-state index >= 15 is 0 Å². The van der Waals surface area contributed by atoms with Crippen molar-refractivity contribution in [1.82, 2.24) is 10.2 Å². The molecule has 6 heteroatoms. The molecule has 1 saturated heterocycles. The van der Waals surface area contributed by atoms with E-state index < -0.39 is 0 Å². The van der Waals surface area contributed by atoms with Crippen molar-refractivity contribution in [3.8, 4) is 0 Å². The number of ether oxygens (including phenoxy) is 1. The Labute approximate surface area is 143 Å². The van der Waals surface area contributed by atoms with Crippen molar-refractivity contribution >= 4 is 23.5 Å². The average Bonchev–Trinajstić information content (AvgIpc) is 2.55. The molecular weight excluding hydrogens is 310 g/mol. The van der Waals surface area contributed by atoms with Gasteiger partial charge in [-0.25, -0.2) is 4.79 Å². The van der Waals surface area contributed by atoms with Gasteiger partial charge in [0.25, 0.3) is 0 Å². The van der Waals surface area contributed by atoms with Crippen LogP contribution in [0, 0.1) is 0 Å². The van der Waals surface area contributed by atoms with Gasteiger partial charge in [-0.3, -0.25) is 0 Å². The van der Waals surface area contributed by atoms with E-state index in [1.807, 2.05) is 30.8 Å². The number of benzene rings is 1. The number of anilines is 1. The zero-order chi connectivity index (χ0) is 16.5. The number of nitrogens with one attached hydrogen (secondary N) is 2. The Morgan fingerprint density at radius 2 is 2.00 bits per heavy atom. The zero-order valence-electron chi connectivity index (χ0n) is 14.0. The van der Waals surface area contributed by atoms with Crippen LogP contribution in [0.4, 0.5) is 10.5 Å². The summed E-state index contributed by atoms with van der Waals surface area (Å²) in [7, 11) is 1.62. The molecular formula is C17H27N3O2S. The van der Waals surface area contributed by atoms with Gasteiger partial charge in [0.1, 0.15) is 0 Å². The Hall–Kier alpha value is -1.24. The highest BCUT2D eigenvalue weighted by Crippen LogP contribution is 2.13. The van der Waals surface area contributed by atoms with E-state index in [1.165, 1.54) is 30.2 Å². The number of hydrogen-bond acceptors (Lipinski definition) is 4. The lowest BCUT2D eigenvalue weighted by Crippen LogP contribution is -2.38. The number of methoxy groups -OCH3 is 1. The van der Waals surface area contributed by atoms with E-state index in [0.717, 1.165) is 18.7 Å². The minimum Gasteiger partial charge on any atom is -0.383 e. The summed E-state index contributed by atoms with van der Waals surface area (Å²) < 4.78 is 5.00. The SMILES string of the molecule is COC[C@@H](C)NC(=O)Nc1ccc(CCN2CCSCC2)cc1. The predicted molar refractivity (Wildman–Crippen MR) is 97.4 cm³/mol. The van der Waals surface area contributed by atoms with Gasteiger partial charge >= 0.3 is 6.03 Å². The fourth-order valence-electron chi connectivity index (χ4n) is 2.55. The number of urea groups is 1. The first kappa shape index (κ1) is 18.1. The number of carbonyl (C=O) groups is 1. The average molecular weight is 337 g/mol. The molecule has 1 aliphatic rings. The van der Waals surface area contributed by atoms with Gasteiger partial charge in [0.05, 0.1) is 12.6 Å². The first-order chi connectivity index (χ1) is 11.2. The van der Waals surface area contributed by atoms with Gasteiger partial charge in [-0.15, -0.1) is 0 Å². The smallest absolute Gasteiger partial charge is 0.319 e. The second-order valence-corrected chi connectivity index (χ2v) is 7.08. The number of hydrogen-bond donors (Lipinski definition) is 2. The van der Waals surface area contributed by atoms with Gasteiger partial charge in [0.15, 0.2) is 0 Å². The molecule has 0 saturated carbocycles. The molecule has 5 nitrogen and oxygen atoms in total. The van der Waals surface area contributed by atoms with Crippen molar-refractivity contribution in [2.75, 3.05) is 50.2 Å². The lowest BCUT2D eigenvalue weighted by molar-refractivity contribution is 0.173. The maximum Gasteiger partial charge on any atom is 0.319 e. The Morgan fingerprint density at radius 1 is 1.30 bits per heavy atom. The molecule has 1 atom stereocenters. The quantitative estimate of drug-likeness (QED) is 0.802. The third-order valence-electron chi connectivity index (χ3n) is 3.83. The van der Waals surface area contributed by atoms with E-state index in [0.29, 0.717) is 6.61 Å². The van der Waals surface area contributed by atoms with Crippen LogP contribution in [-0.4, -0.2) is 61.8 Å². The van der Waals surface area contributed by atoms with Gasteiger partial charge < -0.3 is 20.3 Å². The van der Waals surface area contributed by atoms with Gasteiger partial charge in [0, 0.05) is 43.9 Å². The largest absolute Gasteiger partial charge is 0.383 e. The fourth-order valence-corrected chi connectivity index (χ4v) is 3.53. The van der Waals surface area contributed by atoms with Crippen molar-refractivity contribution in [1.29, 1.82) is 0 Å². The van der Waals surface area contributed by atoms with Gasteiger partial charge in [-0.2, -0.15) is 11.8 Å². The highest BCUT2D eigenvalue weighted by atomic mass is 32.2. The van der Waals surface area contributed by atoms with E-state index in [9.17, 15) is 4.79 Å². The number of rotatable bonds is 7. The van der Waals surface area contributed by atoms with Crippen LogP contribution in [0.2, 0.25) is 0 Å². The molecule has 2 amide bonds. The molecule has 1 aromatic rings. The van der Waals surface area contributed by atoms with Gasteiger partial charge in [0.2, 0.25) is 0 Å². The Kier molecular flexibility index (Phi) is 7.71. The van der Waals surface area contributed by atoms with Crippen LogP contribution < -0.4 is 10.6 Å². The normalized spacial score (nSPS) is 16.8. The van der Waals surface area contributed by atoms with Crippen molar-refractivity contribution in [3.63, 3.8) is 0 Å². The van der Waals surface area contributed by atoms with E-state index in [-0.39, 0.29) is 12.1 Å². The van der Waals surface area contributed by atoms with Crippen LogP contribution in [0.3, 0.4) is 0 Å². The molecule has 0 bridgehead atoms. The molecule has 0 aliphatic carbocycles. The Bertz CT molecular complexity index is 475. The molecule has 128 valence electrons. The van der Waals surface area contributed by atoms with Crippen molar-refractivity contribution < 1.29 is 9.53 Å². The molecule has 2 rings (SSSR count). The number of thioether (sulfide) groups is 1. The van der Waals surface area contributed by atoms with Crippen LogP contribution in [0.25, 0.3) is 0 Å². The maximum absolute atomic E-state index is 11.8.